The first-order valence-corrected chi connectivity index (χ1v) is 5.08. The maximum Gasteiger partial charge on any atom is 0.221 e. The molecule has 0 fully saturated rings. The first kappa shape index (κ1) is 13.2. The van der Waals surface area contributed by atoms with Crippen molar-refractivity contribution in [2.24, 2.45) is 0 Å². The SMILES string of the molecule is C/C=C/CNCCC(=O)NC(C)(C)C. The zero-order chi connectivity index (χ0) is 11.0. The molecule has 1 amide bonds. The van der Waals surface area contributed by atoms with Gasteiger partial charge in [0.2, 0.25) is 5.91 Å². The minimum atomic E-state index is -0.125. The summed E-state index contributed by atoms with van der Waals surface area (Å²) in [5.41, 5.74) is -0.125. The Morgan fingerprint density at radius 2 is 2.00 bits per heavy atom. The highest BCUT2D eigenvalue weighted by Crippen LogP contribution is 1.98. The summed E-state index contributed by atoms with van der Waals surface area (Å²) >= 11 is 0. The molecular formula is C11H22N2O. The molecule has 0 aromatic rings. The van der Waals surface area contributed by atoms with Crippen LogP contribution in [0, 0.1) is 0 Å². The molecule has 0 aromatic heterocycles. The van der Waals surface area contributed by atoms with E-state index in [1.54, 1.807) is 0 Å². The lowest BCUT2D eigenvalue weighted by Gasteiger charge is -2.20. The maximum atomic E-state index is 11.3. The normalized spacial score (nSPS) is 12.0. The van der Waals surface area contributed by atoms with Crippen LogP contribution in [0.1, 0.15) is 34.1 Å². The topological polar surface area (TPSA) is 41.1 Å². The number of amides is 1. The standard InChI is InChI=1S/C11H22N2O/c1-5-6-8-12-9-7-10(14)13-11(2,3)4/h5-6,12H,7-9H2,1-4H3,(H,13,14)/b6-5+. The van der Waals surface area contributed by atoms with Gasteiger partial charge in [0.15, 0.2) is 0 Å². The number of nitrogens with one attached hydrogen (secondary N) is 2. The van der Waals surface area contributed by atoms with Crippen LogP contribution >= 0.6 is 0 Å². The van der Waals surface area contributed by atoms with Crippen LogP contribution in [-0.2, 0) is 4.79 Å². The van der Waals surface area contributed by atoms with Crippen LogP contribution < -0.4 is 10.6 Å². The zero-order valence-corrected chi connectivity index (χ0v) is 9.68. The van der Waals surface area contributed by atoms with Gasteiger partial charge in [0.05, 0.1) is 0 Å². The maximum absolute atomic E-state index is 11.3. The minimum Gasteiger partial charge on any atom is -0.351 e. The summed E-state index contributed by atoms with van der Waals surface area (Å²) in [7, 11) is 0. The predicted octanol–water partition coefficient (Wildman–Crippen LogP) is 1.46. The van der Waals surface area contributed by atoms with E-state index in [0.29, 0.717) is 6.42 Å². The van der Waals surface area contributed by atoms with Crippen molar-refractivity contribution in [3.05, 3.63) is 12.2 Å². The van der Waals surface area contributed by atoms with Gasteiger partial charge in [-0.3, -0.25) is 4.79 Å². The average molecular weight is 198 g/mol. The molecule has 0 heterocycles. The molecule has 3 heteroatoms. The van der Waals surface area contributed by atoms with Gasteiger partial charge in [-0.25, -0.2) is 0 Å². The molecule has 0 bridgehead atoms. The van der Waals surface area contributed by atoms with Crippen molar-refractivity contribution in [2.45, 2.75) is 39.7 Å². The van der Waals surface area contributed by atoms with Crippen LogP contribution in [0.2, 0.25) is 0 Å². The molecular weight excluding hydrogens is 176 g/mol. The molecule has 0 aromatic carbocycles. The molecule has 0 aliphatic heterocycles. The van der Waals surface area contributed by atoms with Crippen LogP contribution in [-0.4, -0.2) is 24.5 Å². The summed E-state index contributed by atoms with van der Waals surface area (Å²) in [6.07, 6.45) is 4.55. The molecule has 0 saturated heterocycles. The average Bonchev–Trinajstić information content (AvgIpc) is 2.00. The van der Waals surface area contributed by atoms with E-state index in [1.807, 2.05) is 39.8 Å². The summed E-state index contributed by atoms with van der Waals surface area (Å²) in [5.74, 6) is 0.102. The Morgan fingerprint density at radius 1 is 1.36 bits per heavy atom. The largest absolute Gasteiger partial charge is 0.351 e. The Labute approximate surface area is 87.0 Å². The molecule has 3 nitrogen and oxygen atoms in total. The Balaban J connectivity index is 3.45. The quantitative estimate of drug-likeness (QED) is 0.518. The molecule has 0 atom stereocenters. The van der Waals surface area contributed by atoms with Gasteiger partial charge in [-0.05, 0) is 27.7 Å². The molecule has 0 rings (SSSR count). The summed E-state index contributed by atoms with van der Waals surface area (Å²) in [5, 5.41) is 6.07. The van der Waals surface area contributed by atoms with Crippen molar-refractivity contribution < 1.29 is 4.79 Å². The fourth-order valence-corrected chi connectivity index (χ4v) is 0.986. The van der Waals surface area contributed by atoms with Gasteiger partial charge >= 0.3 is 0 Å². The molecule has 0 radical (unpaired) electrons. The van der Waals surface area contributed by atoms with Gasteiger partial charge < -0.3 is 10.6 Å². The third-order valence-corrected chi connectivity index (χ3v) is 1.54. The first-order valence-electron chi connectivity index (χ1n) is 5.08. The van der Waals surface area contributed by atoms with E-state index in [9.17, 15) is 4.79 Å². The van der Waals surface area contributed by atoms with E-state index in [-0.39, 0.29) is 11.4 Å². The number of carbonyl (C=O) groups excluding carboxylic acids is 1. The fraction of sp³-hybridized carbons (Fsp3) is 0.727. The van der Waals surface area contributed by atoms with Crippen molar-refractivity contribution >= 4 is 5.91 Å². The lowest BCUT2D eigenvalue weighted by molar-refractivity contribution is -0.122. The Kier molecular flexibility index (Phi) is 6.21. The van der Waals surface area contributed by atoms with E-state index < -0.39 is 0 Å². The second-order valence-corrected chi connectivity index (χ2v) is 4.32. The second kappa shape index (κ2) is 6.60. The van der Waals surface area contributed by atoms with Crippen molar-refractivity contribution in [3.8, 4) is 0 Å². The smallest absolute Gasteiger partial charge is 0.221 e. The van der Waals surface area contributed by atoms with Gasteiger partial charge in [-0.1, -0.05) is 12.2 Å². The highest BCUT2D eigenvalue weighted by molar-refractivity contribution is 5.76. The number of rotatable bonds is 5. The van der Waals surface area contributed by atoms with Gasteiger partial charge in [0.1, 0.15) is 0 Å². The van der Waals surface area contributed by atoms with E-state index >= 15 is 0 Å². The summed E-state index contributed by atoms with van der Waals surface area (Å²) in [6, 6.07) is 0. The number of hydrogen-bond donors (Lipinski definition) is 2. The number of allylic oxidation sites excluding steroid dienone is 1. The first-order chi connectivity index (χ1) is 6.45. The van der Waals surface area contributed by atoms with Crippen LogP contribution in [0.5, 0.6) is 0 Å². The molecule has 82 valence electrons. The van der Waals surface area contributed by atoms with Crippen LogP contribution in [0.25, 0.3) is 0 Å². The predicted molar refractivity (Wildman–Crippen MR) is 60.2 cm³/mol. The fourth-order valence-electron chi connectivity index (χ4n) is 0.986. The lowest BCUT2D eigenvalue weighted by atomic mass is 10.1. The Morgan fingerprint density at radius 3 is 2.50 bits per heavy atom. The third kappa shape index (κ3) is 9.26. The molecule has 0 spiro atoms. The van der Waals surface area contributed by atoms with E-state index in [2.05, 4.69) is 10.6 Å². The van der Waals surface area contributed by atoms with Crippen LogP contribution in [0.4, 0.5) is 0 Å². The number of carbonyl (C=O) groups is 1. The molecule has 0 aliphatic rings. The van der Waals surface area contributed by atoms with Gasteiger partial charge in [0, 0.05) is 25.0 Å². The van der Waals surface area contributed by atoms with E-state index in [4.69, 9.17) is 0 Å². The summed E-state index contributed by atoms with van der Waals surface area (Å²) < 4.78 is 0. The Hall–Kier alpha value is -0.830. The molecule has 0 saturated carbocycles. The van der Waals surface area contributed by atoms with Crippen molar-refractivity contribution in [2.75, 3.05) is 13.1 Å². The third-order valence-electron chi connectivity index (χ3n) is 1.54. The zero-order valence-electron chi connectivity index (χ0n) is 9.68. The monoisotopic (exact) mass is 198 g/mol. The van der Waals surface area contributed by atoms with Crippen molar-refractivity contribution in [1.82, 2.24) is 10.6 Å². The lowest BCUT2D eigenvalue weighted by Crippen LogP contribution is -2.41. The van der Waals surface area contributed by atoms with E-state index in [1.165, 1.54) is 0 Å². The Bertz CT molecular complexity index is 192. The number of hydrogen-bond acceptors (Lipinski definition) is 2. The second-order valence-electron chi connectivity index (χ2n) is 4.32. The van der Waals surface area contributed by atoms with Crippen molar-refractivity contribution in [1.29, 1.82) is 0 Å². The van der Waals surface area contributed by atoms with Gasteiger partial charge in [-0.2, -0.15) is 0 Å². The van der Waals surface area contributed by atoms with Gasteiger partial charge in [-0.15, -0.1) is 0 Å². The molecule has 2 N–H and O–H groups in total. The minimum absolute atomic E-state index is 0.102. The van der Waals surface area contributed by atoms with Crippen molar-refractivity contribution in [3.63, 3.8) is 0 Å². The van der Waals surface area contributed by atoms with E-state index in [0.717, 1.165) is 13.1 Å². The summed E-state index contributed by atoms with van der Waals surface area (Å²) in [6.45, 7) is 9.49. The van der Waals surface area contributed by atoms with Crippen LogP contribution in [0.3, 0.4) is 0 Å². The highest BCUT2D eigenvalue weighted by atomic mass is 16.1. The molecule has 0 aliphatic carbocycles. The summed E-state index contributed by atoms with van der Waals surface area (Å²) in [4.78, 5) is 11.3. The van der Waals surface area contributed by atoms with Gasteiger partial charge in [0.25, 0.3) is 0 Å². The molecule has 14 heavy (non-hydrogen) atoms. The highest BCUT2D eigenvalue weighted by Gasteiger charge is 2.12. The molecule has 0 unspecified atom stereocenters. The van der Waals surface area contributed by atoms with Crippen LogP contribution in [0.15, 0.2) is 12.2 Å².